The average Bonchev–Trinajstić information content (AvgIpc) is 3.05. The molecule has 3 rings (SSSR count). The van der Waals surface area contributed by atoms with Gasteiger partial charge in [0.15, 0.2) is 0 Å². The first-order chi connectivity index (χ1) is 10.1. The van der Waals surface area contributed by atoms with Crippen molar-refractivity contribution < 1.29 is 9.18 Å². The van der Waals surface area contributed by atoms with Crippen LogP contribution in [0.3, 0.4) is 0 Å². The third-order valence-electron chi connectivity index (χ3n) is 4.65. The number of rotatable bonds is 5. The number of nitrogens with two attached hydrogens (primary N) is 1. The number of likely N-dealkylation sites (tertiary alicyclic amines) is 1. The number of nitrogens with zero attached hydrogens (tertiary/aromatic N) is 1. The van der Waals surface area contributed by atoms with Gasteiger partial charge in [0.1, 0.15) is 5.82 Å². The van der Waals surface area contributed by atoms with Gasteiger partial charge in [0.05, 0.1) is 5.69 Å². The Kier molecular flexibility index (Phi) is 4.10. The fourth-order valence-corrected chi connectivity index (χ4v) is 3.59. The molecule has 1 saturated carbocycles. The summed E-state index contributed by atoms with van der Waals surface area (Å²) in [5.74, 6) is 0.397. The fraction of sp³-hybridized carbons (Fsp3) is 0.562. The first-order valence-electron chi connectivity index (χ1n) is 7.71. The monoisotopic (exact) mass is 291 g/mol. The zero-order valence-electron chi connectivity index (χ0n) is 12.1. The van der Waals surface area contributed by atoms with Crippen LogP contribution in [0.1, 0.15) is 32.1 Å². The Bertz CT molecular complexity index is 534. The number of anilines is 2. The van der Waals surface area contributed by atoms with Crippen LogP contribution in [-0.2, 0) is 4.79 Å². The largest absolute Gasteiger partial charge is 0.396 e. The number of nitrogens with one attached hydrogen (secondary N) is 1. The molecule has 21 heavy (non-hydrogen) atoms. The Labute approximate surface area is 124 Å². The molecule has 2 fully saturated rings. The van der Waals surface area contributed by atoms with E-state index in [1.807, 2.05) is 0 Å². The number of fused-ring (bicyclic) bond motifs is 2. The quantitative estimate of drug-likeness (QED) is 0.820. The van der Waals surface area contributed by atoms with Crippen molar-refractivity contribution in [2.24, 2.45) is 5.92 Å². The smallest absolute Gasteiger partial charge is 0.224 e. The van der Waals surface area contributed by atoms with Gasteiger partial charge >= 0.3 is 0 Å². The lowest BCUT2D eigenvalue weighted by molar-refractivity contribution is -0.116. The SMILES string of the molecule is Nc1cc(NC(=O)CCCN2CC3CCC2C3)ccc1F. The van der Waals surface area contributed by atoms with E-state index in [9.17, 15) is 9.18 Å². The predicted octanol–water partition coefficient (Wildman–Crippen LogP) is 2.61. The minimum atomic E-state index is -0.461. The normalized spacial score (nSPS) is 24.4. The minimum Gasteiger partial charge on any atom is -0.396 e. The molecule has 4 nitrogen and oxygen atoms in total. The lowest BCUT2D eigenvalue weighted by Gasteiger charge is -2.26. The highest BCUT2D eigenvalue weighted by atomic mass is 19.1. The number of halogens is 1. The van der Waals surface area contributed by atoms with Crippen molar-refractivity contribution in [2.75, 3.05) is 24.1 Å². The molecule has 2 bridgehead atoms. The van der Waals surface area contributed by atoms with Gasteiger partial charge in [0.25, 0.3) is 0 Å². The van der Waals surface area contributed by atoms with Crippen molar-refractivity contribution in [1.29, 1.82) is 0 Å². The fourth-order valence-electron chi connectivity index (χ4n) is 3.59. The summed E-state index contributed by atoms with van der Waals surface area (Å²) in [7, 11) is 0. The van der Waals surface area contributed by atoms with Gasteiger partial charge in [-0.25, -0.2) is 4.39 Å². The molecule has 1 aromatic carbocycles. The van der Waals surface area contributed by atoms with Crippen molar-refractivity contribution in [3.63, 3.8) is 0 Å². The van der Waals surface area contributed by atoms with Crippen LogP contribution in [0.15, 0.2) is 18.2 Å². The molecule has 3 N–H and O–H groups in total. The first-order valence-corrected chi connectivity index (χ1v) is 7.71. The summed E-state index contributed by atoms with van der Waals surface area (Å²) in [6.45, 7) is 2.21. The summed E-state index contributed by atoms with van der Waals surface area (Å²) in [6, 6.07) is 5.01. The van der Waals surface area contributed by atoms with Crippen molar-refractivity contribution in [3.8, 4) is 0 Å². The highest BCUT2D eigenvalue weighted by Crippen LogP contribution is 2.37. The van der Waals surface area contributed by atoms with Crippen molar-refractivity contribution in [3.05, 3.63) is 24.0 Å². The summed E-state index contributed by atoms with van der Waals surface area (Å²) in [5, 5.41) is 2.77. The van der Waals surface area contributed by atoms with Crippen LogP contribution >= 0.6 is 0 Å². The second-order valence-electron chi connectivity index (χ2n) is 6.22. The number of carbonyl (C=O) groups excluding carboxylic acids is 1. The number of carbonyl (C=O) groups is 1. The standard InChI is InChI=1S/C16H22FN3O/c17-14-6-4-12(9-15(14)18)19-16(21)2-1-7-20-10-11-3-5-13(20)8-11/h4,6,9,11,13H,1-3,5,7-8,10,18H2,(H,19,21). The Morgan fingerprint density at radius 3 is 2.95 bits per heavy atom. The van der Waals surface area contributed by atoms with Gasteiger partial charge in [-0.15, -0.1) is 0 Å². The maximum Gasteiger partial charge on any atom is 0.224 e. The maximum absolute atomic E-state index is 13.0. The number of hydrogen-bond acceptors (Lipinski definition) is 3. The minimum absolute atomic E-state index is 0.0367. The Morgan fingerprint density at radius 1 is 1.43 bits per heavy atom. The molecule has 0 aromatic heterocycles. The van der Waals surface area contributed by atoms with Gasteiger partial charge in [-0.3, -0.25) is 4.79 Å². The van der Waals surface area contributed by atoms with Crippen LogP contribution in [0.2, 0.25) is 0 Å². The van der Waals surface area contributed by atoms with Gasteiger partial charge < -0.3 is 16.0 Å². The number of hydrogen-bond donors (Lipinski definition) is 2. The van der Waals surface area contributed by atoms with E-state index in [2.05, 4.69) is 10.2 Å². The molecule has 1 aromatic rings. The third-order valence-corrected chi connectivity index (χ3v) is 4.65. The Hall–Kier alpha value is -1.62. The highest BCUT2D eigenvalue weighted by Gasteiger charge is 2.36. The second kappa shape index (κ2) is 6.02. The molecule has 1 amide bonds. The molecular formula is C16H22FN3O. The maximum atomic E-state index is 13.0. The topological polar surface area (TPSA) is 58.4 Å². The van der Waals surface area contributed by atoms with E-state index in [0.29, 0.717) is 12.1 Å². The Balaban J connectivity index is 1.41. The highest BCUT2D eigenvalue weighted by molar-refractivity contribution is 5.91. The number of amides is 1. The van der Waals surface area contributed by atoms with E-state index in [1.165, 1.54) is 44.0 Å². The molecule has 1 aliphatic carbocycles. The molecule has 1 saturated heterocycles. The molecular weight excluding hydrogens is 269 g/mol. The number of benzene rings is 1. The lowest BCUT2D eigenvalue weighted by atomic mass is 10.1. The average molecular weight is 291 g/mol. The molecule has 2 atom stereocenters. The van der Waals surface area contributed by atoms with Gasteiger partial charge in [-0.2, -0.15) is 0 Å². The van der Waals surface area contributed by atoms with Crippen LogP contribution in [0.4, 0.5) is 15.8 Å². The Morgan fingerprint density at radius 2 is 2.29 bits per heavy atom. The summed E-state index contributed by atoms with van der Waals surface area (Å²) in [4.78, 5) is 14.4. The first kappa shape index (κ1) is 14.3. The van der Waals surface area contributed by atoms with Gasteiger partial charge in [-0.05, 0) is 56.3 Å². The van der Waals surface area contributed by atoms with E-state index in [-0.39, 0.29) is 11.6 Å². The molecule has 2 aliphatic rings. The molecule has 114 valence electrons. The number of nitrogen functional groups attached to an aromatic ring is 1. The third kappa shape index (κ3) is 3.35. The summed E-state index contributed by atoms with van der Waals surface area (Å²) >= 11 is 0. The molecule has 5 heteroatoms. The summed E-state index contributed by atoms with van der Waals surface area (Å²) in [5.41, 5.74) is 6.09. The lowest BCUT2D eigenvalue weighted by Crippen LogP contribution is -2.33. The van der Waals surface area contributed by atoms with E-state index < -0.39 is 5.82 Å². The van der Waals surface area contributed by atoms with E-state index in [1.54, 1.807) is 0 Å². The van der Waals surface area contributed by atoms with Crippen LogP contribution in [0.25, 0.3) is 0 Å². The number of piperidine rings is 1. The zero-order valence-corrected chi connectivity index (χ0v) is 12.1. The molecule has 1 heterocycles. The van der Waals surface area contributed by atoms with Gasteiger partial charge in [0.2, 0.25) is 5.91 Å². The summed E-state index contributed by atoms with van der Waals surface area (Å²) in [6.07, 6.45) is 5.41. The van der Waals surface area contributed by atoms with E-state index in [0.717, 1.165) is 24.9 Å². The molecule has 2 unspecified atom stereocenters. The summed E-state index contributed by atoms with van der Waals surface area (Å²) < 4.78 is 13.0. The zero-order chi connectivity index (χ0) is 14.8. The van der Waals surface area contributed by atoms with E-state index >= 15 is 0 Å². The predicted molar refractivity (Wildman–Crippen MR) is 81.4 cm³/mol. The molecule has 1 aliphatic heterocycles. The van der Waals surface area contributed by atoms with Crippen LogP contribution < -0.4 is 11.1 Å². The molecule has 0 radical (unpaired) electrons. The van der Waals surface area contributed by atoms with Gasteiger partial charge in [0, 0.05) is 24.7 Å². The van der Waals surface area contributed by atoms with Crippen LogP contribution in [-0.4, -0.2) is 29.9 Å². The van der Waals surface area contributed by atoms with Crippen LogP contribution in [0.5, 0.6) is 0 Å². The van der Waals surface area contributed by atoms with E-state index in [4.69, 9.17) is 5.73 Å². The van der Waals surface area contributed by atoms with Gasteiger partial charge in [-0.1, -0.05) is 0 Å². The molecule has 0 spiro atoms. The van der Waals surface area contributed by atoms with Crippen LogP contribution in [0, 0.1) is 11.7 Å². The van der Waals surface area contributed by atoms with Crippen molar-refractivity contribution in [2.45, 2.75) is 38.1 Å². The van der Waals surface area contributed by atoms with Crippen molar-refractivity contribution >= 4 is 17.3 Å². The van der Waals surface area contributed by atoms with Crippen molar-refractivity contribution in [1.82, 2.24) is 4.90 Å². The second-order valence-corrected chi connectivity index (χ2v) is 6.22.